The predicted octanol–water partition coefficient (Wildman–Crippen LogP) is 2.82. The first kappa shape index (κ1) is 16.2. The molecule has 1 aliphatic carbocycles. The van der Waals surface area contributed by atoms with E-state index in [1.54, 1.807) is 0 Å². The molecule has 0 bridgehead atoms. The summed E-state index contributed by atoms with van der Waals surface area (Å²) in [5, 5.41) is 3.37. The lowest BCUT2D eigenvalue weighted by atomic mass is 9.94. The number of rotatable bonds is 6. The Morgan fingerprint density at radius 1 is 1.43 bits per heavy atom. The highest BCUT2D eigenvalue weighted by Gasteiger charge is 2.20. The fourth-order valence-electron chi connectivity index (χ4n) is 2.69. The molecule has 116 valence electrons. The Morgan fingerprint density at radius 3 is 2.81 bits per heavy atom. The van der Waals surface area contributed by atoms with Gasteiger partial charge in [0.1, 0.15) is 10.8 Å². The molecule has 21 heavy (non-hydrogen) atoms. The van der Waals surface area contributed by atoms with Gasteiger partial charge in [0.2, 0.25) is 0 Å². The Kier molecular flexibility index (Phi) is 5.17. The third kappa shape index (κ3) is 4.14. The van der Waals surface area contributed by atoms with Crippen LogP contribution in [-0.2, 0) is 17.6 Å². The molecule has 4 nitrogen and oxygen atoms in total. The maximum atomic E-state index is 5.87. The van der Waals surface area contributed by atoms with Gasteiger partial charge in [-0.2, -0.15) is 0 Å². The average molecular weight is 307 g/mol. The quantitative estimate of drug-likeness (QED) is 0.791. The zero-order chi connectivity index (χ0) is 15.5. The fraction of sp³-hybridized carbons (Fsp3) is 0.625. The van der Waals surface area contributed by atoms with Crippen molar-refractivity contribution < 1.29 is 4.74 Å². The van der Waals surface area contributed by atoms with Crippen LogP contribution in [0.2, 0.25) is 0 Å². The minimum atomic E-state index is -0.250. The summed E-state index contributed by atoms with van der Waals surface area (Å²) in [5.41, 5.74) is 8.93. The van der Waals surface area contributed by atoms with Crippen molar-refractivity contribution >= 4 is 23.0 Å². The van der Waals surface area contributed by atoms with E-state index in [2.05, 4.69) is 25.2 Å². The first-order valence-corrected chi connectivity index (χ1v) is 8.04. The van der Waals surface area contributed by atoms with Crippen LogP contribution in [0.3, 0.4) is 0 Å². The minimum Gasteiger partial charge on any atom is -0.389 e. The molecule has 0 amide bonds. The van der Waals surface area contributed by atoms with E-state index < -0.39 is 0 Å². The number of hydrogen-bond acceptors (Lipinski definition) is 4. The van der Waals surface area contributed by atoms with Gasteiger partial charge in [-0.3, -0.25) is 0 Å². The van der Waals surface area contributed by atoms with Gasteiger partial charge in [0.05, 0.1) is 11.2 Å². The maximum Gasteiger partial charge on any atom is 0.136 e. The molecule has 1 heterocycles. The molecular formula is C16H25N3OS. The van der Waals surface area contributed by atoms with Crippen LogP contribution < -0.4 is 11.1 Å². The van der Waals surface area contributed by atoms with Crippen molar-refractivity contribution in [1.29, 1.82) is 0 Å². The molecular weight excluding hydrogens is 282 g/mol. The van der Waals surface area contributed by atoms with E-state index in [9.17, 15) is 0 Å². The van der Waals surface area contributed by atoms with E-state index in [-0.39, 0.29) is 5.60 Å². The summed E-state index contributed by atoms with van der Waals surface area (Å²) in [7, 11) is 0. The van der Waals surface area contributed by atoms with Gasteiger partial charge in [0.15, 0.2) is 0 Å². The lowest BCUT2D eigenvalue weighted by Crippen LogP contribution is -2.34. The summed E-state index contributed by atoms with van der Waals surface area (Å²) in [6.45, 7) is 7.47. The second-order valence-electron chi connectivity index (χ2n) is 6.11. The molecule has 3 N–H and O–H groups in total. The molecule has 0 saturated carbocycles. The summed E-state index contributed by atoms with van der Waals surface area (Å²) >= 11 is 5.18. The molecule has 2 rings (SSSR count). The Labute approximate surface area is 132 Å². The third-order valence-corrected chi connectivity index (χ3v) is 4.00. The van der Waals surface area contributed by atoms with Crippen molar-refractivity contribution in [3.05, 3.63) is 22.9 Å². The van der Waals surface area contributed by atoms with Crippen LogP contribution in [0.25, 0.3) is 0 Å². The van der Waals surface area contributed by atoms with Gasteiger partial charge >= 0.3 is 0 Å². The molecule has 0 fully saturated rings. The van der Waals surface area contributed by atoms with Crippen molar-refractivity contribution in [2.75, 3.05) is 18.5 Å². The van der Waals surface area contributed by atoms with Crippen molar-refractivity contribution in [3.63, 3.8) is 0 Å². The van der Waals surface area contributed by atoms with E-state index in [1.165, 1.54) is 24.1 Å². The van der Waals surface area contributed by atoms with Crippen LogP contribution >= 0.6 is 12.2 Å². The second-order valence-corrected chi connectivity index (χ2v) is 6.55. The summed E-state index contributed by atoms with van der Waals surface area (Å²) in [6.07, 6.45) is 4.53. The monoisotopic (exact) mass is 307 g/mol. The Bertz CT molecular complexity index is 528. The summed E-state index contributed by atoms with van der Waals surface area (Å²) in [4.78, 5) is 5.16. The van der Waals surface area contributed by atoms with Gasteiger partial charge in [-0.25, -0.2) is 4.98 Å². The first-order chi connectivity index (χ1) is 9.93. The first-order valence-electron chi connectivity index (χ1n) is 7.63. The van der Waals surface area contributed by atoms with Crippen LogP contribution in [0.15, 0.2) is 6.07 Å². The van der Waals surface area contributed by atoms with Gasteiger partial charge in [-0.1, -0.05) is 12.2 Å². The molecule has 0 unspecified atom stereocenters. The number of aromatic nitrogens is 1. The zero-order valence-electron chi connectivity index (χ0n) is 13.2. The number of thiocarbonyl (C=S) groups is 1. The lowest BCUT2D eigenvalue weighted by molar-refractivity contribution is 0.000638. The number of fused-ring (bicyclic) bond motifs is 1. The van der Waals surface area contributed by atoms with Crippen molar-refractivity contribution in [1.82, 2.24) is 4.98 Å². The van der Waals surface area contributed by atoms with Crippen molar-refractivity contribution in [2.45, 2.75) is 52.1 Å². The van der Waals surface area contributed by atoms with Gasteiger partial charge in [-0.05, 0) is 58.1 Å². The van der Waals surface area contributed by atoms with E-state index in [0.29, 0.717) is 18.1 Å². The molecule has 0 aromatic carbocycles. The highest BCUT2D eigenvalue weighted by molar-refractivity contribution is 7.80. The van der Waals surface area contributed by atoms with E-state index in [1.807, 2.05) is 6.92 Å². The molecule has 5 heteroatoms. The molecule has 0 aliphatic heterocycles. The van der Waals surface area contributed by atoms with E-state index in [0.717, 1.165) is 24.2 Å². The van der Waals surface area contributed by atoms with Crippen molar-refractivity contribution in [3.8, 4) is 0 Å². The van der Waals surface area contributed by atoms with Crippen LogP contribution in [0.1, 0.15) is 50.4 Å². The largest absolute Gasteiger partial charge is 0.389 e. The average Bonchev–Trinajstić information content (AvgIpc) is 2.44. The molecule has 1 aliphatic rings. The number of nitrogens with one attached hydrogen (secondary N) is 1. The van der Waals surface area contributed by atoms with Crippen LogP contribution in [0.5, 0.6) is 0 Å². The predicted molar refractivity (Wildman–Crippen MR) is 91.0 cm³/mol. The van der Waals surface area contributed by atoms with Gasteiger partial charge < -0.3 is 15.8 Å². The minimum absolute atomic E-state index is 0.250. The normalized spacial score (nSPS) is 14.6. The Morgan fingerprint density at radius 2 is 2.14 bits per heavy atom. The molecule has 1 aromatic rings. The highest BCUT2D eigenvalue weighted by atomic mass is 32.1. The highest BCUT2D eigenvalue weighted by Crippen LogP contribution is 2.25. The number of nitrogens with two attached hydrogens (primary N) is 1. The number of anilines is 1. The fourth-order valence-corrected chi connectivity index (χ4v) is 2.85. The van der Waals surface area contributed by atoms with Crippen LogP contribution in [0, 0.1) is 0 Å². The second kappa shape index (κ2) is 6.71. The van der Waals surface area contributed by atoms with Gasteiger partial charge in [0.25, 0.3) is 0 Å². The SMILES string of the molecule is CCOC(C)(C)CNc1nc2c(cc1C(N)=S)CCCC2. The smallest absolute Gasteiger partial charge is 0.136 e. The number of aryl methyl sites for hydroxylation is 2. The molecule has 0 spiro atoms. The van der Waals surface area contributed by atoms with Gasteiger partial charge in [0, 0.05) is 18.8 Å². The molecule has 0 saturated heterocycles. The summed E-state index contributed by atoms with van der Waals surface area (Å²) < 4.78 is 5.71. The number of hydrogen-bond donors (Lipinski definition) is 2. The molecule has 0 radical (unpaired) electrons. The van der Waals surface area contributed by atoms with Gasteiger partial charge in [-0.15, -0.1) is 0 Å². The van der Waals surface area contributed by atoms with E-state index in [4.69, 9.17) is 27.7 Å². The summed E-state index contributed by atoms with van der Waals surface area (Å²) in [5.74, 6) is 0.788. The number of ether oxygens (including phenoxy) is 1. The topological polar surface area (TPSA) is 60.2 Å². The van der Waals surface area contributed by atoms with E-state index >= 15 is 0 Å². The molecule has 0 atom stereocenters. The van der Waals surface area contributed by atoms with Crippen LogP contribution in [-0.4, -0.2) is 28.7 Å². The third-order valence-electron chi connectivity index (χ3n) is 3.78. The number of nitrogens with zero attached hydrogens (tertiary/aromatic N) is 1. The zero-order valence-corrected chi connectivity index (χ0v) is 14.0. The lowest BCUT2D eigenvalue weighted by Gasteiger charge is -2.26. The Balaban J connectivity index is 2.23. The standard InChI is InChI=1S/C16H25N3OS/c1-4-20-16(2,3)10-18-15-12(14(17)21)9-11-7-5-6-8-13(11)19-15/h9H,4-8,10H2,1-3H3,(H2,17,21)(H,18,19). The maximum absolute atomic E-state index is 5.87. The van der Waals surface area contributed by atoms with Crippen molar-refractivity contribution in [2.24, 2.45) is 5.73 Å². The molecule has 1 aromatic heterocycles. The van der Waals surface area contributed by atoms with Crippen LogP contribution in [0.4, 0.5) is 5.82 Å². The summed E-state index contributed by atoms with van der Waals surface area (Å²) in [6, 6.07) is 2.11. The number of pyridine rings is 1. The Hall–Kier alpha value is -1.20.